The largest absolute Gasteiger partial charge is 0.497 e. The van der Waals surface area contributed by atoms with Crippen molar-refractivity contribution in [2.24, 2.45) is 0 Å². The van der Waals surface area contributed by atoms with Gasteiger partial charge < -0.3 is 9.47 Å². The van der Waals surface area contributed by atoms with Crippen molar-refractivity contribution >= 4 is 34.2 Å². The molecule has 18 heavy (non-hydrogen) atoms. The Kier molecular flexibility index (Phi) is 4.66. The van der Waals surface area contributed by atoms with Crippen LogP contribution in [0.1, 0.15) is 5.56 Å². The van der Waals surface area contributed by atoms with Gasteiger partial charge in [-0.15, -0.1) is 0 Å². The first-order valence-electron chi connectivity index (χ1n) is 5.27. The topological polar surface area (TPSA) is 31.4 Å². The molecule has 2 aromatic rings. The summed E-state index contributed by atoms with van der Waals surface area (Å²) in [5, 5.41) is 0.385. The van der Waals surface area contributed by atoms with E-state index in [1.807, 2.05) is 36.4 Å². The summed E-state index contributed by atoms with van der Waals surface area (Å²) >= 11 is 8.09. The summed E-state index contributed by atoms with van der Waals surface area (Å²) in [7, 11) is 1.64. The Bertz CT molecular complexity index is 531. The number of methoxy groups -OCH3 is 1. The molecule has 94 valence electrons. The van der Waals surface area contributed by atoms with Gasteiger partial charge in [-0.3, -0.25) is 0 Å². The molecule has 1 heterocycles. The van der Waals surface area contributed by atoms with Crippen LogP contribution in [0.2, 0.25) is 5.15 Å². The zero-order valence-corrected chi connectivity index (χ0v) is 12.6. The highest BCUT2D eigenvalue weighted by Crippen LogP contribution is 2.24. The number of ether oxygens (including phenoxy) is 2. The third-order valence-electron chi connectivity index (χ3n) is 2.33. The van der Waals surface area contributed by atoms with Crippen LogP contribution in [0.4, 0.5) is 0 Å². The van der Waals surface area contributed by atoms with Crippen molar-refractivity contribution in [3.8, 4) is 11.5 Å². The van der Waals surface area contributed by atoms with E-state index in [-0.39, 0.29) is 0 Å². The quantitative estimate of drug-likeness (QED) is 0.599. The molecule has 1 aromatic heterocycles. The van der Waals surface area contributed by atoms with Gasteiger partial charge in [0, 0.05) is 0 Å². The standard InChI is InChI=1S/C13H11ClINO2/c1-17-10-4-2-9(3-5-10)8-18-11-6-7-12(15)16-13(11)14/h2-7H,8H2,1H3. The van der Waals surface area contributed by atoms with E-state index >= 15 is 0 Å². The van der Waals surface area contributed by atoms with Gasteiger partial charge in [-0.05, 0) is 52.4 Å². The lowest BCUT2D eigenvalue weighted by atomic mass is 10.2. The van der Waals surface area contributed by atoms with Gasteiger partial charge in [-0.25, -0.2) is 4.98 Å². The maximum atomic E-state index is 5.98. The van der Waals surface area contributed by atoms with Crippen molar-refractivity contribution in [3.05, 3.63) is 50.8 Å². The molecule has 0 saturated carbocycles. The highest BCUT2D eigenvalue weighted by molar-refractivity contribution is 14.1. The molecule has 0 amide bonds. The van der Waals surface area contributed by atoms with E-state index in [9.17, 15) is 0 Å². The van der Waals surface area contributed by atoms with Crippen LogP contribution in [-0.2, 0) is 6.61 Å². The SMILES string of the molecule is COc1ccc(COc2ccc(I)nc2Cl)cc1. The molecule has 3 nitrogen and oxygen atoms in total. The summed E-state index contributed by atoms with van der Waals surface area (Å²) in [6.07, 6.45) is 0. The fraction of sp³-hybridized carbons (Fsp3) is 0.154. The number of benzene rings is 1. The van der Waals surface area contributed by atoms with Crippen LogP contribution in [0.25, 0.3) is 0 Å². The molecule has 0 spiro atoms. The van der Waals surface area contributed by atoms with E-state index in [2.05, 4.69) is 27.6 Å². The molecule has 5 heteroatoms. The van der Waals surface area contributed by atoms with Gasteiger partial charge in [0.25, 0.3) is 0 Å². The Balaban J connectivity index is 2.02. The number of hydrogen-bond donors (Lipinski definition) is 0. The van der Waals surface area contributed by atoms with Crippen molar-refractivity contribution < 1.29 is 9.47 Å². The summed E-state index contributed by atoms with van der Waals surface area (Å²) < 4.78 is 11.5. The van der Waals surface area contributed by atoms with Crippen LogP contribution >= 0.6 is 34.2 Å². The van der Waals surface area contributed by atoms with Crippen molar-refractivity contribution in [2.45, 2.75) is 6.61 Å². The minimum Gasteiger partial charge on any atom is -0.497 e. The minimum absolute atomic E-state index is 0.385. The number of pyridine rings is 1. The fourth-order valence-electron chi connectivity index (χ4n) is 1.39. The third kappa shape index (κ3) is 3.49. The zero-order chi connectivity index (χ0) is 13.0. The average Bonchev–Trinajstić information content (AvgIpc) is 2.38. The van der Waals surface area contributed by atoms with Crippen LogP contribution in [0.3, 0.4) is 0 Å². The third-order valence-corrected chi connectivity index (χ3v) is 3.21. The normalized spacial score (nSPS) is 10.2. The Morgan fingerprint density at radius 2 is 1.89 bits per heavy atom. The number of hydrogen-bond acceptors (Lipinski definition) is 3. The van der Waals surface area contributed by atoms with Crippen LogP contribution in [0.15, 0.2) is 36.4 Å². The molecule has 0 N–H and O–H groups in total. The monoisotopic (exact) mass is 375 g/mol. The molecule has 0 unspecified atom stereocenters. The first-order valence-corrected chi connectivity index (χ1v) is 6.72. The highest BCUT2D eigenvalue weighted by Gasteiger charge is 2.04. The predicted octanol–water partition coefficient (Wildman–Crippen LogP) is 3.93. The minimum atomic E-state index is 0.385. The maximum Gasteiger partial charge on any atom is 0.172 e. The van der Waals surface area contributed by atoms with Crippen LogP contribution < -0.4 is 9.47 Å². The lowest BCUT2D eigenvalue weighted by Gasteiger charge is -2.08. The van der Waals surface area contributed by atoms with Crippen molar-refractivity contribution in [1.82, 2.24) is 4.98 Å². The van der Waals surface area contributed by atoms with E-state index in [0.717, 1.165) is 15.0 Å². The molecular formula is C13H11ClINO2. The van der Waals surface area contributed by atoms with Gasteiger partial charge in [0.15, 0.2) is 10.9 Å². The molecule has 0 aliphatic heterocycles. The molecule has 0 saturated heterocycles. The number of nitrogens with zero attached hydrogens (tertiary/aromatic N) is 1. The van der Waals surface area contributed by atoms with Gasteiger partial charge in [-0.1, -0.05) is 23.7 Å². The molecule has 1 aromatic carbocycles. The van der Waals surface area contributed by atoms with Gasteiger partial charge in [-0.2, -0.15) is 0 Å². The molecule has 0 aliphatic carbocycles. The Hall–Kier alpha value is -1.01. The second-order valence-electron chi connectivity index (χ2n) is 3.56. The summed E-state index contributed by atoms with van der Waals surface area (Å²) in [4.78, 5) is 4.12. The van der Waals surface area contributed by atoms with Crippen LogP contribution in [0, 0.1) is 3.70 Å². The smallest absolute Gasteiger partial charge is 0.172 e. The molecule has 0 radical (unpaired) electrons. The van der Waals surface area contributed by atoms with Gasteiger partial charge in [0.1, 0.15) is 16.1 Å². The van der Waals surface area contributed by atoms with Gasteiger partial charge in [0.2, 0.25) is 0 Å². The summed E-state index contributed by atoms with van der Waals surface area (Å²) in [5.74, 6) is 1.42. The van der Waals surface area contributed by atoms with Crippen molar-refractivity contribution in [1.29, 1.82) is 0 Å². The highest BCUT2D eigenvalue weighted by atomic mass is 127. The molecule has 0 bridgehead atoms. The molecule has 2 rings (SSSR count). The predicted molar refractivity (Wildman–Crippen MR) is 79.3 cm³/mol. The Morgan fingerprint density at radius 3 is 2.50 bits per heavy atom. The fourth-order valence-corrected chi connectivity index (χ4v) is 2.16. The first-order chi connectivity index (χ1) is 8.69. The Labute approximate surface area is 124 Å². The second kappa shape index (κ2) is 6.24. The summed E-state index contributed by atoms with van der Waals surface area (Å²) in [6.45, 7) is 0.450. The first kappa shape index (κ1) is 13.4. The lowest BCUT2D eigenvalue weighted by molar-refractivity contribution is 0.305. The van der Waals surface area contributed by atoms with Crippen molar-refractivity contribution in [3.63, 3.8) is 0 Å². The number of aromatic nitrogens is 1. The van der Waals surface area contributed by atoms with Crippen LogP contribution in [0.5, 0.6) is 11.5 Å². The zero-order valence-electron chi connectivity index (χ0n) is 9.69. The number of halogens is 2. The van der Waals surface area contributed by atoms with Crippen molar-refractivity contribution in [2.75, 3.05) is 7.11 Å². The van der Waals surface area contributed by atoms with E-state index in [1.165, 1.54) is 0 Å². The van der Waals surface area contributed by atoms with E-state index in [1.54, 1.807) is 7.11 Å². The van der Waals surface area contributed by atoms with E-state index in [4.69, 9.17) is 21.1 Å². The summed E-state index contributed by atoms with van der Waals surface area (Å²) in [6, 6.07) is 11.4. The van der Waals surface area contributed by atoms with Gasteiger partial charge >= 0.3 is 0 Å². The lowest BCUT2D eigenvalue weighted by Crippen LogP contribution is -1.97. The maximum absolute atomic E-state index is 5.98. The van der Waals surface area contributed by atoms with Gasteiger partial charge in [0.05, 0.1) is 7.11 Å². The molecule has 0 fully saturated rings. The molecule has 0 aliphatic rings. The molecular weight excluding hydrogens is 365 g/mol. The summed E-state index contributed by atoms with van der Waals surface area (Å²) in [5.41, 5.74) is 1.05. The average molecular weight is 376 g/mol. The van der Waals surface area contributed by atoms with E-state index in [0.29, 0.717) is 17.5 Å². The second-order valence-corrected chi connectivity index (χ2v) is 5.02. The Morgan fingerprint density at radius 1 is 1.17 bits per heavy atom. The van der Waals surface area contributed by atoms with E-state index < -0.39 is 0 Å². The number of rotatable bonds is 4. The molecule has 0 atom stereocenters. The van der Waals surface area contributed by atoms with Crippen LogP contribution in [-0.4, -0.2) is 12.1 Å².